The van der Waals surface area contributed by atoms with Crippen LogP contribution < -0.4 is 5.56 Å². The van der Waals surface area contributed by atoms with Crippen LogP contribution in [0, 0.1) is 0 Å². The highest BCUT2D eigenvalue weighted by molar-refractivity contribution is 5.69. The molecular weight excluding hydrogens is 256 g/mol. The molecule has 5 heteroatoms. The van der Waals surface area contributed by atoms with Gasteiger partial charge in [0.25, 0.3) is 5.56 Å². The lowest BCUT2D eigenvalue weighted by atomic mass is 10.1. The van der Waals surface area contributed by atoms with E-state index in [0.717, 1.165) is 10.2 Å². The van der Waals surface area contributed by atoms with Crippen molar-refractivity contribution >= 4 is 5.97 Å². The molecule has 5 nitrogen and oxygen atoms in total. The van der Waals surface area contributed by atoms with Gasteiger partial charge in [-0.15, -0.1) is 0 Å². The second kappa shape index (κ2) is 6.14. The molecule has 2 rings (SSSR count). The van der Waals surface area contributed by atoms with Crippen molar-refractivity contribution in [3.8, 4) is 11.3 Å². The fraction of sp³-hybridized carbons (Fsp3) is 0.267. The first kappa shape index (κ1) is 14.0. The molecule has 1 aromatic carbocycles. The molecule has 0 spiro atoms. The van der Waals surface area contributed by atoms with Crippen LogP contribution in [-0.2, 0) is 16.1 Å². The number of hydrogen-bond donors (Lipinski definition) is 0. The summed E-state index contributed by atoms with van der Waals surface area (Å²) in [6.45, 7) is 3.33. The van der Waals surface area contributed by atoms with Gasteiger partial charge in [-0.25, -0.2) is 4.68 Å². The number of nitrogens with zero attached hydrogens (tertiary/aromatic N) is 2. The fourth-order valence-electron chi connectivity index (χ4n) is 1.75. The topological polar surface area (TPSA) is 61.2 Å². The molecule has 1 aromatic heterocycles. The van der Waals surface area contributed by atoms with Crippen molar-refractivity contribution in [1.29, 1.82) is 0 Å². The second-order valence-corrected chi connectivity index (χ2v) is 4.62. The maximum atomic E-state index is 11.7. The molecule has 0 saturated heterocycles. The molecule has 0 unspecified atom stereocenters. The Balaban J connectivity index is 2.26. The summed E-state index contributed by atoms with van der Waals surface area (Å²) in [6, 6.07) is 12.5. The minimum atomic E-state index is -0.472. The molecular formula is C15H16N2O3. The van der Waals surface area contributed by atoms with Crippen LogP contribution in [0.3, 0.4) is 0 Å². The van der Waals surface area contributed by atoms with Crippen LogP contribution in [0.15, 0.2) is 47.3 Å². The van der Waals surface area contributed by atoms with Gasteiger partial charge < -0.3 is 4.74 Å². The maximum absolute atomic E-state index is 11.7. The van der Waals surface area contributed by atoms with Crippen LogP contribution in [0.1, 0.15) is 13.8 Å². The van der Waals surface area contributed by atoms with Crippen molar-refractivity contribution in [1.82, 2.24) is 9.78 Å². The highest BCUT2D eigenvalue weighted by Gasteiger charge is 2.10. The van der Waals surface area contributed by atoms with Gasteiger partial charge in [-0.2, -0.15) is 5.10 Å². The Morgan fingerprint density at radius 3 is 2.55 bits per heavy atom. The maximum Gasteiger partial charge on any atom is 0.328 e. The van der Waals surface area contributed by atoms with Gasteiger partial charge in [0.15, 0.2) is 0 Å². The second-order valence-electron chi connectivity index (χ2n) is 4.62. The summed E-state index contributed by atoms with van der Waals surface area (Å²) < 4.78 is 6.13. The SMILES string of the molecule is CC(C)OC(=O)Cn1nc(-c2ccccc2)ccc1=O. The Bertz CT molecular complexity index is 648. The highest BCUT2D eigenvalue weighted by Crippen LogP contribution is 2.13. The van der Waals surface area contributed by atoms with Gasteiger partial charge in [0.2, 0.25) is 0 Å². The van der Waals surface area contributed by atoms with E-state index in [4.69, 9.17) is 4.74 Å². The first-order valence-corrected chi connectivity index (χ1v) is 6.39. The lowest BCUT2D eigenvalue weighted by molar-refractivity contribution is -0.148. The highest BCUT2D eigenvalue weighted by atomic mass is 16.5. The van der Waals surface area contributed by atoms with E-state index in [0.29, 0.717) is 5.69 Å². The van der Waals surface area contributed by atoms with E-state index in [1.165, 1.54) is 6.07 Å². The summed E-state index contributed by atoms with van der Waals surface area (Å²) in [5.41, 5.74) is 1.20. The number of esters is 1. The van der Waals surface area contributed by atoms with E-state index in [1.54, 1.807) is 19.9 Å². The van der Waals surface area contributed by atoms with E-state index in [1.807, 2.05) is 30.3 Å². The van der Waals surface area contributed by atoms with E-state index < -0.39 is 5.97 Å². The van der Waals surface area contributed by atoms with Crippen molar-refractivity contribution in [3.63, 3.8) is 0 Å². The predicted molar refractivity (Wildman–Crippen MR) is 75.2 cm³/mol. The molecule has 0 aliphatic carbocycles. The quantitative estimate of drug-likeness (QED) is 0.797. The number of carbonyl (C=O) groups excluding carboxylic acids is 1. The predicted octanol–water partition coefficient (Wildman–Crippen LogP) is 1.86. The van der Waals surface area contributed by atoms with Crippen LogP contribution >= 0.6 is 0 Å². The molecule has 0 saturated carbocycles. The minimum Gasteiger partial charge on any atom is -0.462 e. The number of rotatable bonds is 4. The molecule has 0 bridgehead atoms. The lowest BCUT2D eigenvalue weighted by Gasteiger charge is -2.09. The number of ether oxygens (including phenoxy) is 1. The average molecular weight is 272 g/mol. The molecule has 0 aliphatic rings. The summed E-state index contributed by atoms with van der Waals surface area (Å²) in [5.74, 6) is -0.472. The van der Waals surface area contributed by atoms with Gasteiger partial charge in [0.05, 0.1) is 11.8 Å². The Morgan fingerprint density at radius 2 is 1.90 bits per heavy atom. The normalized spacial score (nSPS) is 10.6. The van der Waals surface area contributed by atoms with Gasteiger partial charge in [-0.05, 0) is 19.9 Å². The van der Waals surface area contributed by atoms with Gasteiger partial charge in [-0.3, -0.25) is 9.59 Å². The molecule has 0 fully saturated rings. The van der Waals surface area contributed by atoms with Gasteiger partial charge in [-0.1, -0.05) is 30.3 Å². The fourth-order valence-corrected chi connectivity index (χ4v) is 1.75. The van der Waals surface area contributed by atoms with Crippen LogP contribution in [0.4, 0.5) is 0 Å². The van der Waals surface area contributed by atoms with E-state index in [9.17, 15) is 9.59 Å². The molecule has 0 radical (unpaired) electrons. The third-order valence-corrected chi connectivity index (χ3v) is 2.58. The minimum absolute atomic E-state index is 0.183. The van der Waals surface area contributed by atoms with Crippen molar-refractivity contribution in [2.24, 2.45) is 0 Å². The van der Waals surface area contributed by atoms with Gasteiger partial charge in [0, 0.05) is 11.6 Å². The lowest BCUT2D eigenvalue weighted by Crippen LogP contribution is -2.28. The van der Waals surface area contributed by atoms with E-state index >= 15 is 0 Å². The largest absolute Gasteiger partial charge is 0.462 e. The Hall–Kier alpha value is -2.43. The van der Waals surface area contributed by atoms with Gasteiger partial charge in [0.1, 0.15) is 6.54 Å². The van der Waals surface area contributed by atoms with Crippen molar-refractivity contribution < 1.29 is 9.53 Å². The smallest absolute Gasteiger partial charge is 0.328 e. The summed E-state index contributed by atoms with van der Waals surface area (Å²) in [5, 5.41) is 4.19. The average Bonchev–Trinajstić information content (AvgIpc) is 2.41. The number of benzene rings is 1. The van der Waals surface area contributed by atoms with Crippen LogP contribution in [-0.4, -0.2) is 21.9 Å². The molecule has 0 atom stereocenters. The van der Waals surface area contributed by atoms with Crippen LogP contribution in [0.2, 0.25) is 0 Å². The van der Waals surface area contributed by atoms with Crippen LogP contribution in [0.5, 0.6) is 0 Å². The zero-order valence-corrected chi connectivity index (χ0v) is 11.4. The van der Waals surface area contributed by atoms with Crippen LogP contribution in [0.25, 0.3) is 11.3 Å². The molecule has 1 heterocycles. The summed E-state index contributed by atoms with van der Waals surface area (Å²) >= 11 is 0. The first-order chi connectivity index (χ1) is 9.56. The molecule has 2 aromatic rings. The summed E-state index contributed by atoms with van der Waals surface area (Å²) in [7, 11) is 0. The third kappa shape index (κ3) is 3.54. The molecule has 20 heavy (non-hydrogen) atoms. The summed E-state index contributed by atoms with van der Waals surface area (Å²) in [4.78, 5) is 23.3. The summed E-state index contributed by atoms with van der Waals surface area (Å²) in [6.07, 6.45) is -0.212. The third-order valence-electron chi connectivity index (χ3n) is 2.58. The van der Waals surface area contributed by atoms with Gasteiger partial charge >= 0.3 is 5.97 Å². The number of hydrogen-bond acceptors (Lipinski definition) is 4. The standard InChI is InChI=1S/C15H16N2O3/c1-11(2)20-15(19)10-17-14(18)9-8-13(16-17)12-6-4-3-5-7-12/h3-9,11H,10H2,1-2H3. The zero-order chi connectivity index (χ0) is 14.5. The van der Waals surface area contributed by atoms with Crippen molar-refractivity contribution in [3.05, 3.63) is 52.8 Å². The molecule has 0 aliphatic heterocycles. The first-order valence-electron chi connectivity index (χ1n) is 6.39. The van der Waals surface area contributed by atoms with Crippen molar-refractivity contribution in [2.45, 2.75) is 26.5 Å². The van der Waals surface area contributed by atoms with E-state index in [2.05, 4.69) is 5.10 Å². The van der Waals surface area contributed by atoms with Crippen molar-refractivity contribution in [2.75, 3.05) is 0 Å². The Kier molecular flexibility index (Phi) is 4.30. The Labute approximate surface area is 116 Å². The molecule has 0 amide bonds. The molecule has 104 valence electrons. The zero-order valence-electron chi connectivity index (χ0n) is 11.4. The Morgan fingerprint density at radius 1 is 1.20 bits per heavy atom. The van der Waals surface area contributed by atoms with E-state index in [-0.39, 0.29) is 18.2 Å². The number of aromatic nitrogens is 2. The number of carbonyl (C=O) groups is 1. The monoisotopic (exact) mass is 272 g/mol. The molecule has 0 N–H and O–H groups in total.